The predicted octanol–water partition coefficient (Wildman–Crippen LogP) is 10.6. The maximum Gasteiger partial charge on any atom is 0.341 e. The van der Waals surface area contributed by atoms with Gasteiger partial charge in [0, 0.05) is 6.54 Å². The second kappa shape index (κ2) is 24.6. The summed E-state index contributed by atoms with van der Waals surface area (Å²) in [4.78, 5) is 26.5. The predicted molar refractivity (Wildman–Crippen MR) is 188 cm³/mol. The number of rotatable bonds is 26. The van der Waals surface area contributed by atoms with Crippen LogP contribution >= 0.6 is 11.3 Å². The molecule has 44 heavy (non-hydrogen) atoms. The van der Waals surface area contributed by atoms with E-state index in [9.17, 15) is 14.7 Å². The van der Waals surface area contributed by atoms with Gasteiger partial charge in [0.05, 0.1) is 10.4 Å². The fraction of sp³-hybridized carbons (Fsp3) is 0.833. The molecule has 0 aliphatic carbocycles. The summed E-state index contributed by atoms with van der Waals surface area (Å²) in [7, 11) is 0. The molecule has 0 radical (unpaired) electrons. The Morgan fingerprint density at radius 1 is 0.727 bits per heavy atom. The third-order valence-corrected chi connectivity index (χ3v) is 9.21. The smallest absolute Gasteiger partial charge is 0.341 e. The van der Waals surface area contributed by atoms with Crippen molar-refractivity contribution in [1.82, 2.24) is 10.6 Å². The Hall–Kier alpha value is -1.64. The number of hydrogen-bond acceptors (Lipinski definition) is 6. The molecule has 8 heteroatoms. The highest BCUT2D eigenvalue weighted by Gasteiger charge is 2.29. The van der Waals surface area contributed by atoms with Gasteiger partial charge in [0.1, 0.15) is 16.8 Å². The van der Waals surface area contributed by atoms with Crippen molar-refractivity contribution in [2.45, 2.75) is 182 Å². The minimum atomic E-state index is -0.911. The molecule has 0 bridgehead atoms. The summed E-state index contributed by atoms with van der Waals surface area (Å²) in [6, 6.07) is -0.341. The van der Waals surface area contributed by atoms with Crippen LogP contribution in [0.1, 0.15) is 190 Å². The Morgan fingerprint density at radius 3 is 1.61 bits per heavy atom. The van der Waals surface area contributed by atoms with Crippen LogP contribution in [0.25, 0.3) is 0 Å². The molecule has 0 aliphatic heterocycles. The van der Waals surface area contributed by atoms with Gasteiger partial charge in [-0.05, 0) is 52.6 Å². The van der Waals surface area contributed by atoms with Gasteiger partial charge in [-0.1, -0.05) is 129 Å². The SMILES string of the molecule is CCCCCCCCCCCCCCCCNC(=O)Nc1sc(C(O)NCCCCCCCC)c(C)c1C(=O)OC(C)(C)C. The first-order valence-corrected chi connectivity index (χ1v) is 18.7. The summed E-state index contributed by atoms with van der Waals surface area (Å²) in [6.07, 6.45) is 24.3. The number of esters is 1. The lowest BCUT2D eigenvalue weighted by molar-refractivity contribution is 0.00703. The van der Waals surface area contributed by atoms with Gasteiger partial charge in [0.2, 0.25) is 0 Å². The van der Waals surface area contributed by atoms with E-state index in [1.807, 2.05) is 20.8 Å². The minimum absolute atomic E-state index is 0.312. The molecule has 1 unspecified atom stereocenters. The van der Waals surface area contributed by atoms with E-state index in [-0.39, 0.29) is 6.03 Å². The van der Waals surface area contributed by atoms with E-state index in [1.54, 1.807) is 6.92 Å². The molecule has 1 aromatic rings. The second-order valence-corrected chi connectivity index (χ2v) is 14.5. The van der Waals surface area contributed by atoms with Crippen LogP contribution in [-0.4, -0.2) is 35.8 Å². The molecule has 2 amide bonds. The number of carbonyl (C=O) groups is 2. The average Bonchev–Trinajstić information content (AvgIpc) is 3.29. The number of hydrogen-bond donors (Lipinski definition) is 4. The highest BCUT2D eigenvalue weighted by molar-refractivity contribution is 7.17. The normalized spacial score (nSPS) is 12.3. The maximum atomic E-state index is 13.1. The van der Waals surface area contributed by atoms with Gasteiger partial charge in [0.15, 0.2) is 0 Å². The summed E-state index contributed by atoms with van der Waals surface area (Å²) < 4.78 is 5.65. The summed E-state index contributed by atoms with van der Waals surface area (Å²) in [5.74, 6) is -0.497. The van der Waals surface area contributed by atoms with Gasteiger partial charge in [-0.3, -0.25) is 10.6 Å². The van der Waals surface area contributed by atoms with E-state index in [0.29, 0.717) is 34.1 Å². The van der Waals surface area contributed by atoms with Gasteiger partial charge >= 0.3 is 12.0 Å². The molecule has 4 N–H and O–H groups in total. The third-order valence-electron chi connectivity index (χ3n) is 7.95. The van der Waals surface area contributed by atoms with Crippen molar-refractivity contribution >= 4 is 28.3 Å². The Kier molecular flexibility index (Phi) is 22.6. The molecule has 1 rings (SSSR count). The number of urea groups is 1. The number of aliphatic hydroxyl groups is 1. The zero-order valence-corrected chi connectivity index (χ0v) is 30.0. The van der Waals surface area contributed by atoms with Gasteiger partial charge in [0.25, 0.3) is 0 Å². The van der Waals surface area contributed by atoms with Crippen LogP contribution in [0.2, 0.25) is 0 Å². The zero-order valence-electron chi connectivity index (χ0n) is 29.2. The number of anilines is 1. The average molecular weight is 638 g/mol. The van der Waals surface area contributed by atoms with E-state index in [1.165, 1.54) is 114 Å². The molecule has 0 fully saturated rings. The molecule has 0 aliphatic rings. The van der Waals surface area contributed by atoms with Gasteiger partial charge < -0.3 is 15.2 Å². The number of amides is 2. The van der Waals surface area contributed by atoms with Crippen molar-refractivity contribution in [3.63, 3.8) is 0 Å². The summed E-state index contributed by atoms with van der Waals surface area (Å²) in [5, 5.41) is 20.3. The molecule has 0 spiro atoms. The van der Waals surface area contributed by atoms with Crippen molar-refractivity contribution < 1.29 is 19.4 Å². The van der Waals surface area contributed by atoms with Crippen LogP contribution in [0.3, 0.4) is 0 Å². The van der Waals surface area contributed by atoms with Crippen LogP contribution in [0.15, 0.2) is 0 Å². The molecule has 1 atom stereocenters. The molecule has 1 aromatic heterocycles. The number of thiophene rings is 1. The molecule has 256 valence electrons. The summed E-state index contributed by atoms with van der Waals surface area (Å²) >= 11 is 1.23. The highest BCUT2D eigenvalue weighted by atomic mass is 32.1. The number of nitrogens with one attached hydrogen (secondary N) is 3. The van der Waals surface area contributed by atoms with E-state index in [2.05, 4.69) is 29.8 Å². The Morgan fingerprint density at radius 2 is 1.16 bits per heavy atom. The number of unbranched alkanes of at least 4 members (excludes halogenated alkanes) is 18. The van der Waals surface area contributed by atoms with Crippen molar-refractivity contribution in [3.8, 4) is 0 Å². The van der Waals surface area contributed by atoms with Crippen LogP contribution in [0.4, 0.5) is 9.80 Å². The molecule has 0 saturated heterocycles. The first-order chi connectivity index (χ1) is 21.1. The lowest BCUT2D eigenvalue weighted by atomic mass is 10.0. The third kappa shape index (κ3) is 19.0. The maximum absolute atomic E-state index is 13.1. The van der Waals surface area contributed by atoms with Crippen LogP contribution in [0.5, 0.6) is 0 Å². The monoisotopic (exact) mass is 637 g/mol. The van der Waals surface area contributed by atoms with Crippen molar-refractivity contribution in [3.05, 3.63) is 16.0 Å². The van der Waals surface area contributed by atoms with E-state index in [0.717, 1.165) is 25.7 Å². The van der Waals surface area contributed by atoms with Crippen molar-refractivity contribution in [1.29, 1.82) is 0 Å². The number of carbonyl (C=O) groups excluding carboxylic acids is 2. The first-order valence-electron chi connectivity index (χ1n) is 17.9. The van der Waals surface area contributed by atoms with Crippen LogP contribution in [0, 0.1) is 6.92 Å². The fourth-order valence-electron chi connectivity index (χ4n) is 5.36. The molecule has 1 heterocycles. The molecule has 0 aromatic carbocycles. The zero-order chi connectivity index (χ0) is 32.6. The highest BCUT2D eigenvalue weighted by Crippen LogP contribution is 2.37. The number of aliphatic hydroxyl groups excluding tert-OH is 1. The van der Waals surface area contributed by atoms with Crippen LogP contribution in [-0.2, 0) is 4.74 Å². The summed E-state index contributed by atoms with van der Waals surface area (Å²) in [6.45, 7) is 13.0. The van der Waals surface area contributed by atoms with Gasteiger partial charge in [-0.2, -0.15) is 0 Å². The topological polar surface area (TPSA) is 99.7 Å². The minimum Gasteiger partial charge on any atom is -0.456 e. The molecular weight excluding hydrogens is 570 g/mol. The first kappa shape index (κ1) is 40.4. The lowest BCUT2D eigenvalue weighted by Gasteiger charge is -2.20. The Balaban J connectivity index is 2.46. The van der Waals surface area contributed by atoms with E-state index >= 15 is 0 Å². The quantitative estimate of drug-likeness (QED) is 0.0460. The fourth-order valence-corrected chi connectivity index (χ4v) is 6.51. The largest absolute Gasteiger partial charge is 0.456 e. The Bertz CT molecular complexity index is 897. The van der Waals surface area contributed by atoms with E-state index in [4.69, 9.17) is 4.74 Å². The standard InChI is InChI=1S/C36H67N3O4S/c1-7-9-11-13-15-16-17-18-19-20-21-22-24-26-28-38-35(42)39-33-30(34(41)43-36(4,5)6)29(3)31(44-33)32(40)37-27-25-23-14-12-10-8-2/h32,37,40H,7-28H2,1-6H3,(H2,38,39,42). The van der Waals surface area contributed by atoms with Crippen molar-refractivity contribution in [2.75, 3.05) is 18.4 Å². The van der Waals surface area contributed by atoms with Gasteiger partial charge in [-0.25, -0.2) is 9.59 Å². The molecular formula is C36H67N3O4S. The van der Waals surface area contributed by atoms with Crippen molar-refractivity contribution in [2.24, 2.45) is 0 Å². The Labute approximate surface area is 274 Å². The molecule has 0 saturated carbocycles. The lowest BCUT2D eigenvalue weighted by Crippen LogP contribution is -2.30. The second-order valence-electron chi connectivity index (χ2n) is 13.4. The van der Waals surface area contributed by atoms with E-state index < -0.39 is 17.8 Å². The molecule has 7 nitrogen and oxygen atoms in total. The number of ether oxygens (including phenoxy) is 1. The summed E-state index contributed by atoms with van der Waals surface area (Å²) in [5.41, 5.74) is 0.273. The van der Waals surface area contributed by atoms with Crippen LogP contribution < -0.4 is 16.0 Å². The van der Waals surface area contributed by atoms with Gasteiger partial charge in [-0.15, -0.1) is 11.3 Å².